The number of carbonyl (C=O) groups is 1. The maximum absolute atomic E-state index is 13.2. The Morgan fingerprint density at radius 3 is 2.61 bits per heavy atom. The number of hydrogen-bond acceptors (Lipinski definition) is 3. The Morgan fingerprint density at radius 2 is 2.11 bits per heavy atom. The summed E-state index contributed by atoms with van der Waals surface area (Å²) in [6, 6.07) is 4.23. The standard InChI is InChI=1S/C12H16FN3OS/c1-2-16(7-11(14)17)6-8-5-9(13)3-4-10(8)12(15)18/h3-5H,2,6-7H2,1H3,(H2,14,17)(H2,15,18). The first kappa shape index (κ1) is 14.5. The van der Waals surface area contributed by atoms with Crippen molar-refractivity contribution in [2.24, 2.45) is 11.5 Å². The van der Waals surface area contributed by atoms with Crippen LogP contribution in [0.15, 0.2) is 18.2 Å². The van der Waals surface area contributed by atoms with Gasteiger partial charge < -0.3 is 11.5 Å². The van der Waals surface area contributed by atoms with Gasteiger partial charge in [-0.05, 0) is 30.3 Å². The summed E-state index contributed by atoms with van der Waals surface area (Å²) < 4.78 is 13.2. The van der Waals surface area contributed by atoms with Crippen LogP contribution in [-0.4, -0.2) is 28.9 Å². The summed E-state index contributed by atoms with van der Waals surface area (Å²) >= 11 is 4.91. The molecule has 0 saturated heterocycles. The fraction of sp³-hybridized carbons (Fsp3) is 0.333. The molecule has 0 atom stereocenters. The lowest BCUT2D eigenvalue weighted by Gasteiger charge is -2.20. The second kappa shape index (κ2) is 6.42. The van der Waals surface area contributed by atoms with Crippen molar-refractivity contribution in [2.75, 3.05) is 13.1 Å². The lowest BCUT2D eigenvalue weighted by atomic mass is 10.1. The number of hydrogen-bond donors (Lipinski definition) is 2. The van der Waals surface area contributed by atoms with E-state index < -0.39 is 5.91 Å². The predicted molar refractivity (Wildman–Crippen MR) is 72.4 cm³/mol. The van der Waals surface area contributed by atoms with Gasteiger partial charge in [-0.15, -0.1) is 0 Å². The van der Waals surface area contributed by atoms with Crippen molar-refractivity contribution in [2.45, 2.75) is 13.5 Å². The highest BCUT2D eigenvalue weighted by Crippen LogP contribution is 2.14. The first-order valence-electron chi connectivity index (χ1n) is 5.53. The van der Waals surface area contributed by atoms with Gasteiger partial charge in [0.2, 0.25) is 5.91 Å². The molecule has 0 bridgehead atoms. The number of amides is 1. The molecule has 1 aromatic rings. The molecule has 0 radical (unpaired) electrons. The van der Waals surface area contributed by atoms with E-state index in [1.807, 2.05) is 6.92 Å². The van der Waals surface area contributed by atoms with Gasteiger partial charge in [0.05, 0.1) is 6.54 Å². The van der Waals surface area contributed by atoms with Gasteiger partial charge >= 0.3 is 0 Å². The number of likely N-dealkylation sites (N-methyl/N-ethyl adjacent to an activating group) is 1. The topological polar surface area (TPSA) is 72.3 Å². The molecule has 0 fully saturated rings. The molecular formula is C12H16FN3OS. The minimum atomic E-state index is -0.426. The van der Waals surface area contributed by atoms with Gasteiger partial charge in [0.25, 0.3) is 0 Å². The van der Waals surface area contributed by atoms with Crippen LogP contribution in [-0.2, 0) is 11.3 Å². The van der Waals surface area contributed by atoms with Crippen molar-refractivity contribution >= 4 is 23.1 Å². The first-order valence-corrected chi connectivity index (χ1v) is 5.93. The SMILES string of the molecule is CCN(CC(N)=O)Cc1cc(F)ccc1C(N)=S. The minimum Gasteiger partial charge on any atom is -0.389 e. The molecule has 6 heteroatoms. The van der Waals surface area contributed by atoms with E-state index in [4.69, 9.17) is 23.7 Å². The van der Waals surface area contributed by atoms with Crippen LogP contribution < -0.4 is 11.5 Å². The van der Waals surface area contributed by atoms with Crippen LogP contribution in [0.3, 0.4) is 0 Å². The van der Waals surface area contributed by atoms with Crippen LogP contribution >= 0.6 is 12.2 Å². The number of nitrogens with zero attached hydrogens (tertiary/aromatic N) is 1. The largest absolute Gasteiger partial charge is 0.389 e. The summed E-state index contributed by atoms with van der Waals surface area (Å²) in [4.78, 5) is 12.9. The molecule has 0 aliphatic rings. The predicted octanol–water partition coefficient (Wildman–Crippen LogP) is 0.767. The number of rotatable bonds is 6. The maximum atomic E-state index is 13.2. The maximum Gasteiger partial charge on any atom is 0.231 e. The molecule has 0 spiro atoms. The highest BCUT2D eigenvalue weighted by molar-refractivity contribution is 7.80. The van der Waals surface area contributed by atoms with Crippen molar-refractivity contribution in [3.05, 3.63) is 35.1 Å². The molecule has 0 aliphatic carbocycles. The van der Waals surface area contributed by atoms with E-state index in [2.05, 4.69) is 0 Å². The zero-order valence-corrected chi connectivity index (χ0v) is 11.0. The molecule has 18 heavy (non-hydrogen) atoms. The minimum absolute atomic E-state index is 0.115. The van der Waals surface area contributed by atoms with Gasteiger partial charge in [-0.1, -0.05) is 19.1 Å². The molecule has 0 aliphatic heterocycles. The van der Waals surface area contributed by atoms with Gasteiger partial charge in [-0.2, -0.15) is 0 Å². The monoisotopic (exact) mass is 269 g/mol. The van der Waals surface area contributed by atoms with E-state index in [1.165, 1.54) is 12.1 Å². The third-order valence-electron chi connectivity index (χ3n) is 2.55. The highest BCUT2D eigenvalue weighted by atomic mass is 32.1. The van der Waals surface area contributed by atoms with Crippen LogP contribution in [0, 0.1) is 5.82 Å². The van der Waals surface area contributed by atoms with Gasteiger partial charge in [0, 0.05) is 12.1 Å². The van der Waals surface area contributed by atoms with Crippen molar-refractivity contribution in [3.63, 3.8) is 0 Å². The smallest absolute Gasteiger partial charge is 0.231 e. The zero-order valence-electron chi connectivity index (χ0n) is 10.1. The molecule has 0 saturated carbocycles. The Hall–Kier alpha value is -1.53. The van der Waals surface area contributed by atoms with E-state index >= 15 is 0 Å². The van der Waals surface area contributed by atoms with Gasteiger partial charge in [-0.3, -0.25) is 9.69 Å². The number of primary amides is 1. The number of benzene rings is 1. The molecule has 0 unspecified atom stereocenters. The van der Waals surface area contributed by atoms with E-state index in [-0.39, 0.29) is 17.4 Å². The molecule has 98 valence electrons. The number of carbonyl (C=O) groups excluding carboxylic acids is 1. The normalized spacial score (nSPS) is 10.6. The fourth-order valence-corrected chi connectivity index (χ4v) is 1.87. The summed E-state index contributed by atoms with van der Waals surface area (Å²) in [5.41, 5.74) is 12.0. The van der Waals surface area contributed by atoms with Gasteiger partial charge in [-0.25, -0.2) is 4.39 Å². The zero-order chi connectivity index (χ0) is 13.7. The molecule has 0 heterocycles. The van der Waals surface area contributed by atoms with Crippen molar-refractivity contribution in [3.8, 4) is 0 Å². The third-order valence-corrected chi connectivity index (χ3v) is 2.77. The second-order valence-corrected chi connectivity index (χ2v) is 4.38. The van der Waals surface area contributed by atoms with Crippen LogP contribution in [0.5, 0.6) is 0 Å². The highest BCUT2D eigenvalue weighted by Gasteiger charge is 2.12. The van der Waals surface area contributed by atoms with Crippen molar-refractivity contribution < 1.29 is 9.18 Å². The summed E-state index contributed by atoms with van der Waals surface area (Å²) in [5.74, 6) is -0.787. The fourth-order valence-electron chi connectivity index (χ4n) is 1.67. The average molecular weight is 269 g/mol. The molecule has 1 amide bonds. The molecule has 1 aromatic carbocycles. The second-order valence-electron chi connectivity index (χ2n) is 3.94. The van der Waals surface area contributed by atoms with E-state index in [9.17, 15) is 9.18 Å². The summed E-state index contributed by atoms with van der Waals surface area (Å²) in [6.07, 6.45) is 0. The van der Waals surface area contributed by atoms with Crippen LogP contribution in [0.4, 0.5) is 4.39 Å². The number of thiocarbonyl (C=S) groups is 1. The Labute approximate surface area is 111 Å². The molecule has 4 N–H and O–H groups in total. The van der Waals surface area contributed by atoms with Gasteiger partial charge in [0.1, 0.15) is 10.8 Å². The van der Waals surface area contributed by atoms with Gasteiger partial charge in [0.15, 0.2) is 0 Å². The van der Waals surface area contributed by atoms with E-state index in [0.29, 0.717) is 24.2 Å². The van der Waals surface area contributed by atoms with E-state index in [0.717, 1.165) is 0 Å². The molecule has 1 rings (SSSR count). The van der Waals surface area contributed by atoms with Crippen LogP contribution in [0.25, 0.3) is 0 Å². The lowest BCUT2D eigenvalue weighted by Crippen LogP contribution is -2.33. The van der Waals surface area contributed by atoms with E-state index in [1.54, 1.807) is 11.0 Å². The van der Waals surface area contributed by atoms with Crippen LogP contribution in [0.1, 0.15) is 18.1 Å². The Morgan fingerprint density at radius 1 is 1.44 bits per heavy atom. The Bertz CT molecular complexity index is 465. The molecule has 4 nitrogen and oxygen atoms in total. The lowest BCUT2D eigenvalue weighted by molar-refractivity contribution is -0.119. The van der Waals surface area contributed by atoms with Crippen LogP contribution in [0.2, 0.25) is 0 Å². The average Bonchev–Trinajstić information content (AvgIpc) is 2.27. The summed E-state index contributed by atoms with van der Waals surface area (Å²) in [7, 11) is 0. The summed E-state index contributed by atoms with van der Waals surface area (Å²) in [5, 5.41) is 0. The van der Waals surface area contributed by atoms with Crippen molar-refractivity contribution in [1.29, 1.82) is 0 Å². The quantitative estimate of drug-likeness (QED) is 0.748. The number of halogens is 1. The Balaban J connectivity index is 2.96. The Kier molecular flexibility index (Phi) is 5.18. The molecule has 0 aromatic heterocycles. The molecular weight excluding hydrogens is 253 g/mol. The first-order chi connectivity index (χ1) is 8.43. The summed E-state index contributed by atoms with van der Waals surface area (Å²) in [6.45, 7) is 3.01. The van der Waals surface area contributed by atoms with Crippen molar-refractivity contribution in [1.82, 2.24) is 4.90 Å². The number of nitrogens with two attached hydrogens (primary N) is 2. The third kappa shape index (κ3) is 4.05.